The van der Waals surface area contributed by atoms with Crippen LogP contribution in [0.5, 0.6) is 5.75 Å². The molecule has 0 aliphatic heterocycles. The highest BCUT2D eigenvalue weighted by molar-refractivity contribution is 5.94. The summed E-state index contributed by atoms with van der Waals surface area (Å²) in [5.74, 6) is -0.674. The molecule has 1 aromatic rings. The Hall–Kier alpha value is -1.62. The van der Waals surface area contributed by atoms with Crippen LogP contribution in [-0.4, -0.2) is 26.1 Å². The van der Waals surface area contributed by atoms with Crippen LogP contribution in [0.3, 0.4) is 0 Å². The number of ether oxygens (including phenoxy) is 1. The maximum atomic E-state index is 13.4. The number of nitrogens with one attached hydrogen (secondary N) is 1. The molecule has 0 aromatic heterocycles. The van der Waals surface area contributed by atoms with Crippen LogP contribution in [0.2, 0.25) is 0 Å². The summed E-state index contributed by atoms with van der Waals surface area (Å²) >= 11 is 0. The van der Waals surface area contributed by atoms with Crippen molar-refractivity contribution in [1.29, 1.82) is 0 Å². The molecular weight excluding hydrogens is 235 g/mol. The van der Waals surface area contributed by atoms with Gasteiger partial charge in [0, 0.05) is 12.1 Å². The van der Waals surface area contributed by atoms with E-state index in [1.165, 1.54) is 25.3 Å². The summed E-state index contributed by atoms with van der Waals surface area (Å²) in [6, 6.07) is 4.16. The van der Waals surface area contributed by atoms with E-state index in [2.05, 4.69) is 5.32 Å². The summed E-state index contributed by atoms with van der Waals surface area (Å²) < 4.78 is 18.2. The molecule has 1 amide bonds. The average Bonchev–Trinajstić information content (AvgIpc) is 2.38. The Morgan fingerprint density at radius 1 is 1.39 bits per heavy atom. The molecule has 5 heteroatoms. The fraction of sp³-hybridized carbons (Fsp3) is 0.462. The van der Waals surface area contributed by atoms with E-state index in [1.54, 1.807) is 0 Å². The number of rotatable bonds is 7. The summed E-state index contributed by atoms with van der Waals surface area (Å²) in [5, 5.41) is 2.74. The lowest BCUT2D eigenvalue weighted by Gasteiger charge is -2.06. The molecule has 0 aliphatic rings. The number of halogens is 1. The van der Waals surface area contributed by atoms with Gasteiger partial charge in [-0.25, -0.2) is 4.39 Å². The molecular formula is C13H19FN2O2. The largest absolute Gasteiger partial charge is 0.494 e. The lowest BCUT2D eigenvalue weighted by Crippen LogP contribution is -2.24. The highest BCUT2D eigenvalue weighted by Crippen LogP contribution is 2.17. The summed E-state index contributed by atoms with van der Waals surface area (Å²) in [4.78, 5) is 11.7. The Kier molecular flexibility index (Phi) is 6.14. The van der Waals surface area contributed by atoms with Crippen molar-refractivity contribution in [2.24, 2.45) is 5.73 Å². The van der Waals surface area contributed by atoms with Gasteiger partial charge < -0.3 is 15.8 Å². The maximum absolute atomic E-state index is 13.4. The second kappa shape index (κ2) is 7.66. The first-order valence-corrected chi connectivity index (χ1v) is 6.01. The van der Waals surface area contributed by atoms with Crippen molar-refractivity contribution in [2.75, 3.05) is 20.2 Å². The molecule has 4 nitrogen and oxygen atoms in total. The Morgan fingerprint density at radius 3 is 2.78 bits per heavy atom. The quantitative estimate of drug-likeness (QED) is 0.728. The summed E-state index contributed by atoms with van der Waals surface area (Å²) in [6.07, 6.45) is 2.81. The van der Waals surface area contributed by atoms with Crippen molar-refractivity contribution in [3.05, 3.63) is 29.6 Å². The van der Waals surface area contributed by atoms with Gasteiger partial charge in [0.1, 0.15) is 0 Å². The number of hydrogen-bond acceptors (Lipinski definition) is 3. The number of amides is 1. The Morgan fingerprint density at radius 2 is 2.17 bits per heavy atom. The van der Waals surface area contributed by atoms with Crippen LogP contribution in [0.25, 0.3) is 0 Å². The highest BCUT2D eigenvalue weighted by Gasteiger charge is 2.09. The number of unbranched alkanes of at least 4 members (excludes halogenated alkanes) is 2. The lowest BCUT2D eigenvalue weighted by molar-refractivity contribution is 0.0952. The van der Waals surface area contributed by atoms with Crippen molar-refractivity contribution in [3.63, 3.8) is 0 Å². The van der Waals surface area contributed by atoms with Crippen LogP contribution in [0.15, 0.2) is 18.2 Å². The Labute approximate surface area is 106 Å². The zero-order chi connectivity index (χ0) is 13.4. The Balaban J connectivity index is 2.44. The highest BCUT2D eigenvalue weighted by atomic mass is 19.1. The van der Waals surface area contributed by atoms with Crippen LogP contribution in [0.1, 0.15) is 29.6 Å². The topological polar surface area (TPSA) is 64.3 Å². The molecule has 1 rings (SSSR count). The van der Waals surface area contributed by atoms with Crippen molar-refractivity contribution in [1.82, 2.24) is 5.32 Å². The minimum atomic E-state index is -0.534. The predicted octanol–water partition coefficient (Wildman–Crippen LogP) is 1.69. The third-order valence-corrected chi connectivity index (χ3v) is 2.58. The van der Waals surface area contributed by atoms with E-state index in [0.29, 0.717) is 18.7 Å². The van der Waals surface area contributed by atoms with Crippen LogP contribution in [0, 0.1) is 5.82 Å². The number of hydrogen-bond donors (Lipinski definition) is 2. The summed E-state index contributed by atoms with van der Waals surface area (Å²) in [7, 11) is 1.38. The number of benzene rings is 1. The second-order valence-electron chi connectivity index (χ2n) is 3.95. The predicted molar refractivity (Wildman–Crippen MR) is 68.2 cm³/mol. The number of methoxy groups -OCH3 is 1. The standard InChI is InChI=1S/C13H19FN2O2/c1-18-12-6-5-10(9-11(12)14)13(17)16-8-4-2-3-7-15/h5-6,9H,2-4,7-8,15H2,1H3,(H,16,17). The zero-order valence-electron chi connectivity index (χ0n) is 10.5. The van der Waals surface area contributed by atoms with Crippen molar-refractivity contribution in [3.8, 4) is 5.75 Å². The van der Waals surface area contributed by atoms with Crippen LogP contribution < -0.4 is 15.8 Å². The van der Waals surface area contributed by atoms with Gasteiger partial charge in [0.25, 0.3) is 5.91 Å². The molecule has 0 radical (unpaired) electrons. The van der Waals surface area contributed by atoms with Crippen LogP contribution in [-0.2, 0) is 0 Å². The molecule has 0 spiro atoms. The number of carbonyl (C=O) groups excluding carboxylic acids is 1. The second-order valence-corrected chi connectivity index (χ2v) is 3.95. The first-order valence-electron chi connectivity index (χ1n) is 6.01. The average molecular weight is 254 g/mol. The van der Waals surface area contributed by atoms with Gasteiger partial charge in [-0.05, 0) is 37.6 Å². The summed E-state index contributed by atoms with van der Waals surface area (Å²) in [6.45, 7) is 1.24. The SMILES string of the molecule is COc1ccc(C(=O)NCCCCCN)cc1F. The van der Waals surface area contributed by atoms with Gasteiger partial charge >= 0.3 is 0 Å². The fourth-order valence-electron chi connectivity index (χ4n) is 1.56. The zero-order valence-corrected chi connectivity index (χ0v) is 10.5. The smallest absolute Gasteiger partial charge is 0.251 e. The van der Waals surface area contributed by atoms with Gasteiger partial charge in [-0.3, -0.25) is 4.79 Å². The number of carbonyl (C=O) groups is 1. The molecule has 0 fully saturated rings. The molecule has 0 aliphatic carbocycles. The first-order chi connectivity index (χ1) is 8.69. The van der Waals surface area contributed by atoms with E-state index >= 15 is 0 Å². The van der Waals surface area contributed by atoms with Crippen molar-refractivity contribution >= 4 is 5.91 Å². The molecule has 0 atom stereocenters. The van der Waals surface area contributed by atoms with Gasteiger partial charge in [0.15, 0.2) is 11.6 Å². The molecule has 18 heavy (non-hydrogen) atoms. The third kappa shape index (κ3) is 4.33. The van der Waals surface area contributed by atoms with Crippen LogP contribution in [0.4, 0.5) is 4.39 Å². The van der Waals surface area contributed by atoms with Gasteiger partial charge in [0.2, 0.25) is 0 Å². The molecule has 0 heterocycles. The summed E-state index contributed by atoms with van der Waals surface area (Å²) in [5.41, 5.74) is 5.66. The lowest BCUT2D eigenvalue weighted by atomic mass is 10.2. The minimum Gasteiger partial charge on any atom is -0.494 e. The number of nitrogens with two attached hydrogens (primary N) is 1. The van der Waals surface area contributed by atoms with Gasteiger partial charge in [-0.2, -0.15) is 0 Å². The van der Waals surface area contributed by atoms with Crippen LogP contribution >= 0.6 is 0 Å². The van der Waals surface area contributed by atoms with Gasteiger partial charge in [-0.15, -0.1) is 0 Å². The minimum absolute atomic E-state index is 0.134. The van der Waals surface area contributed by atoms with Gasteiger partial charge in [0.05, 0.1) is 7.11 Å². The molecule has 1 aromatic carbocycles. The van der Waals surface area contributed by atoms with Crippen molar-refractivity contribution in [2.45, 2.75) is 19.3 Å². The maximum Gasteiger partial charge on any atom is 0.251 e. The molecule has 0 bridgehead atoms. The van der Waals surface area contributed by atoms with Gasteiger partial charge in [-0.1, -0.05) is 6.42 Å². The van der Waals surface area contributed by atoms with E-state index in [-0.39, 0.29) is 11.7 Å². The van der Waals surface area contributed by atoms with E-state index < -0.39 is 5.82 Å². The molecule has 0 saturated carbocycles. The van der Waals surface area contributed by atoms with Crippen molar-refractivity contribution < 1.29 is 13.9 Å². The molecule has 100 valence electrons. The first kappa shape index (κ1) is 14.4. The van der Waals surface area contributed by atoms with E-state index in [0.717, 1.165) is 19.3 Å². The normalized spacial score (nSPS) is 10.2. The Bertz CT molecular complexity index is 397. The molecule has 0 saturated heterocycles. The monoisotopic (exact) mass is 254 g/mol. The third-order valence-electron chi connectivity index (χ3n) is 2.58. The fourth-order valence-corrected chi connectivity index (χ4v) is 1.56. The van der Waals surface area contributed by atoms with E-state index in [1.807, 2.05) is 0 Å². The molecule has 0 unspecified atom stereocenters. The van der Waals surface area contributed by atoms with E-state index in [9.17, 15) is 9.18 Å². The molecule has 3 N–H and O–H groups in total. The van der Waals surface area contributed by atoms with E-state index in [4.69, 9.17) is 10.5 Å².